The zero-order valence-corrected chi connectivity index (χ0v) is 10.2. The fourth-order valence-electron chi connectivity index (χ4n) is 2.01. The van der Waals surface area contributed by atoms with Crippen molar-refractivity contribution in [1.82, 2.24) is 9.78 Å². The average Bonchev–Trinajstić information content (AvgIpc) is 2.79. The van der Waals surface area contributed by atoms with E-state index in [1.165, 1.54) is 0 Å². The van der Waals surface area contributed by atoms with Crippen LogP contribution in [0.3, 0.4) is 0 Å². The second-order valence-corrected chi connectivity index (χ2v) is 4.15. The van der Waals surface area contributed by atoms with Gasteiger partial charge in [-0.2, -0.15) is 5.10 Å². The van der Waals surface area contributed by atoms with E-state index in [4.69, 9.17) is 15.2 Å². The molecular weight excluding hydrogens is 230 g/mol. The summed E-state index contributed by atoms with van der Waals surface area (Å²) in [6.07, 6.45) is 1.84. The van der Waals surface area contributed by atoms with Gasteiger partial charge in [-0.25, -0.2) is 0 Å². The molecule has 2 heterocycles. The molecule has 1 aromatic heterocycles. The molecule has 0 saturated heterocycles. The maximum atomic E-state index is 5.97. The highest BCUT2D eigenvalue weighted by atomic mass is 16.6. The highest BCUT2D eigenvalue weighted by molar-refractivity contribution is 5.74. The van der Waals surface area contributed by atoms with Gasteiger partial charge in [-0.3, -0.25) is 4.68 Å². The lowest BCUT2D eigenvalue weighted by Crippen LogP contribution is -2.15. The van der Waals surface area contributed by atoms with Crippen molar-refractivity contribution < 1.29 is 9.47 Å². The Morgan fingerprint density at radius 1 is 1.28 bits per heavy atom. The molecule has 1 aliphatic heterocycles. The van der Waals surface area contributed by atoms with Crippen LogP contribution in [0.1, 0.15) is 6.92 Å². The van der Waals surface area contributed by atoms with Crippen LogP contribution in [-0.4, -0.2) is 23.0 Å². The van der Waals surface area contributed by atoms with Crippen LogP contribution in [0.2, 0.25) is 0 Å². The molecule has 0 saturated carbocycles. The maximum Gasteiger partial charge on any atom is 0.162 e. The summed E-state index contributed by atoms with van der Waals surface area (Å²) in [5.74, 6) is 1.53. The molecule has 0 amide bonds. The van der Waals surface area contributed by atoms with Crippen molar-refractivity contribution in [3.8, 4) is 22.8 Å². The van der Waals surface area contributed by atoms with Crippen molar-refractivity contribution in [1.29, 1.82) is 0 Å². The summed E-state index contributed by atoms with van der Waals surface area (Å²) in [7, 11) is 0. The topological polar surface area (TPSA) is 62.3 Å². The van der Waals surface area contributed by atoms with E-state index in [1.54, 1.807) is 0 Å². The molecule has 3 rings (SSSR count). The molecule has 0 spiro atoms. The third-order valence-corrected chi connectivity index (χ3v) is 2.93. The maximum absolute atomic E-state index is 5.97. The summed E-state index contributed by atoms with van der Waals surface area (Å²) in [4.78, 5) is 0. The Bertz CT molecular complexity index is 578. The Morgan fingerprint density at radius 2 is 2.06 bits per heavy atom. The van der Waals surface area contributed by atoms with E-state index in [0.717, 1.165) is 29.3 Å². The van der Waals surface area contributed by atoms with Gasteiger partial charge in [0.2, 0.25) is 0 Å². The molecule has 1 aliphatic rings. The molecule has 1 aromatic carbocycles. The first kappa shape index (κ1) is 11.0. The largest absolute Gasteiger partial charge is 0.486 e. The fraction of sp³-hybridized carbons (Fsp3) is 0.308. The Labute approximate surface area is 105 Å². The van der Waals surface area contributed by atoms with E-state index in [9.17, 15) is 0 Å². The second kappa shape index (κ2) is 4.25. The number of fused-ring (bicyclic) bond motifs is 1. The summed E-state index contributed by atoms with van der Waals surface area (Å²) in [5, 5.41) is 4.44. The van der Waals surface area contributed by atoms with Gasteiger partial charge in [0.1, 0.15) is 18.9 Å². The minimum Gasteiger partial charge on any atom is -0.486 e. The summed E-state index contributed by atoms with van der Waals surface area (Å²) >= 11 is 0. The number of ether oxygens (including phenoxy) is 2. The number of aryl methyl sites for hydroxylation is 1. The predicted molar refractivity (Wildman–Crippen MR) is 68.7 cm³/mol. The van der Waals surface area contributed by atoms with E-state index in [0.29, 0.717) is 18.9 Å². The minimum absolute atomic E-state index is 0.579. The molecule has 94 valence electrons. The van der Waals surface area contributed by atoms with Gasteiger partial charge in [0.25, 0.3) is 0 Å². The number of hydrogen-bond donors (Lipinski definition) is 1. The summed E-state index contributed by atoms with van der Waals surface area (Å²) in [6.45, 7) is 4.00. The van der Waals surface area contributed by atoms with Crippen molar-refractivity contribution in [2.45, 2.75) is 13.5 Å². The van der Waals surface area contributed by atoms with Crippen LogP contribution in [0, 0.1) is 0 Å². The standard InChI is InChI=1S/C13H15N3O2/c1-2-16-8-10(14)13(15-16)9-3-4-11-12(7-9)18-6-5-17-11/h3-4,7-8H,2,5-6,14H2,1H3. The van der Waals surface area contributed by atoms with Crippen LogP contribution < -0.4 is 15.2 Å². The van der Waals surface area contributed by atoms with Crippen molar-refractivity contribution >= 4 is 5.69 Å². The van der Waals surface area contributed by atoms with Crippen molar-refractivity contribution in [3.05, 3.63) is 24.4 Å². The smallest absolute Gasteiger partial charge is 0.162 e. The van der Waals surface area contributed by atoms with Gasteiger partial charge in [0.15, 0.2) is 11.5 Å². The first-order valence-corrected chi connectivity index (χ1v) is 6.01. The molecule has 2 N–H and O–H groups in total. The number of aromatic nitrogens is 2. The normalized spacial score (nSPS) is 13.6. The Kier molecular flexibility index (Phi) is 2.59. The van der Waals surface area contributed by atoms with Crippen LogP contribution in [0.25, 0.3) is 11.3 Å². The predicted octanol–water partition coefficient (Wildman–Crippen LogP) is 1.92. The van der Waals surface area contributed by atoms with E-state index < -0.39 is 0 Å². The lowest BCUT2D eigenvalue weighted by atomic mass is 10.1. The lowest BCUT2D eigenvalue weighted by Gasteiger charge is -2.18. The molecular formula is C13H15N3O2. The molecule has 5 nitrogen and oxygen atoms in total. The first-order chi connectivity index (χ1) is 8.78. The van der Waals surface area contributed by atoms with Gasteiger partial charge in [0, 0.05) is 18.3 Å². The van der Waals surface area contributed by atoms with Crippen LogP contribution in [-0.2, 0) is 6.54 Å². The number of benzene rings is 1. The summed E-state index contributed by atoms with van der Waals surface area (Å²) in [6, 6.07) is 5.77. The average molecular weight is 245 g/mol. The molecule has 0 aliphatic carbocycles. The Hall–Kier alpha value is -2.17. The number of nitrogens with two attached hydrogens (primary N) is 1. The molecule has 0 fully saturated rings. The van der Waals surface area contributed by atoms with E-state index in [2.05, 4.69) is 5.10 Å². The zero-order chi connectivity index (χ0) is 12.5. The van der Waals surface area contributed by atoms with E-state index in [1.807, 2.05) is 36.0 Å². The summed E-state index contributed by atoms with van der Waals surface area (Å²) < 4.78 is 12.9. The number of hydrogen-bond acceptors (Lipinski definition) is 4. The van der Waals surface area contributed by atoms with Crippen molar-refractivity contribution in [3.63, 3.8) is 0 Å². The van der Waals surface area contributed by atoms with Gasteiger partial charge < -0.3 is 15.2 Å². The zero-order valence-electron chi connectivity index (χ0n) is 10.2. The van der Waals surface area contributed by atoms with Crippen LogP contribution in [0.15, 0.2) is 24.4 Å². The van der Waals surface area contributed by atoms with Crippen molar-refractivity contribution in [2.24, 2.45) is 0 Å². The fourth-order valence-corrected chi connectivity index (χ4v) is 2.01. The first-order valence-electron chi connectivity index (χ1n) is 6.01. The van der Waals surface area contributed by atoms with Crippen LogP contribution >= 0.6 is 0 Å². The van der Waals surface area contributed by atoms with Gasteiger partial charge in [-0.05, 0) is 25.1 Å². The summed E-state index contributed by atoms with van der Waals surface area (Å²) in [5.41, 5.74) is 8.38. The van der Waals surface area contributed by atoms with Crippen molar-refractivity contribution in [2.75, 3.05) is 18.9 Å². The number of anilines is 1. The third kappa shape index (κ3) is 1.77. The van der Waals surface area contributed by atoms with Gasteiger partial charge in [-0.15, -0.1) is 0 Å². The lowest BCUT2D eigenvalue weighted by molar-refractivity contribution is 0.171. The monoisotopic (exact) mass is 245 g/mol. The second-order valence-electron chi connectivity index (χ2n) is 4.15. The highest BCUT2D eigenvalue weighted by Gasteiger charge is 2.15. The molecule has 2 aromatic rings. The van der Waals surface area contributed by atoms with E-state index in [-0.39, 0.29) is 0 Å². The highest BCUT2D eigenvalue weighted by Crippen LogP contribution is 2.35. The molecule has 0 bridgehead atoms. The number of nitrogens with zero attached hydrogens (tertiary/aromatic N) is 2. The number of nitrogen functional groups attached to an aromatic ring is 1. The van der Waals surface area contributed by atoms with Crippen LogP contribution in [0.4, 0.5) is 5.69 Å². The Morgan fingerprint density at radius 3 is 2.78 bits per heavy atom. The molecule has 5 heteroatoms. The number of rotatable bonds is 2. The van der Waals surface area contributed by atoms with Gasteiger partial charge in [0.05, 0.1) is 5.69 Å². The third-order valence-electron chi connectivity index (χ3n) is 2.93. The Balaban J connectivity index is 2.03. The molecule has 0 radical (unpaired) electrons. The molecule has 0 unspecified atom stereocenters. The molecule has 18 heavy (non-hydrogen) atoms. The quantitative estimate of drug-likeness (QED) is 0.878. The van der Waals surface area contributed by atoms with Gasteiger partial charge >= 0.3 is 0 Å². The van der Waals surface area contributed by atoms with Gasteiger partial charge in [-0.1, -0.05) is 0 Å². The van der Waals surface area contributed by atoms with Crippen LogP contribution in [0.5, 0.6) is 11.5 Å². The minimum atomic E-state index is 0.579. The van der Waals surface area contributed by atoms with E-state index >= 15 is 0 Å². The molecule has 0 atom stereocenters. The SMILES string of the molecule is CCn1cc(N)c(-c2ccc3c(c2)OCCO3)n1.